The summed E-state index contributed by atoms with van der Waals surface area (Å²) in [7, 11) is 0. The van der Waals surface area contributed by atoms with Gasteiger partial charge in [0.25, 0.3) is 11.9 Å². The molecule has 0 bridgehead atoms. The Morgan fingerprint density at radius 3 is 2.78 bits per heavy atom. The van der Waals surface area contributed by atoms with E-state index in [1.54, 1.807) is 0 Å². The number of fused-ring (bicyclic) bond motifs is 1. The van der Waals surface area contributed by atoms with Gasteiger partial charge in [0.2, 0.25) is 0 Å². The summed E-state index contributed by atoms with van der Waals surface area (Å²) in [5, 5.41) is 14.5. The van der Waals surface area contributed by atoms with Crippen LogP contribution < -0.4 is 5.32 Å². The summed E-state index contributed by atoms with van der Waals surface area (Å²) >= 11 is 5.85. The number of imidazole rings is 1. The number of nitrogens with zero attached hydrogens (tertiary/aromatic N) is 5. The molecular formula is C11H7ClF3N7O. The Kier molecular flexibility index (Phi) is 3.43. The Bertz CT molecular complexity index is 887. The number of aromatic nitrogens is 6. The Morgan fingerprint density at radius 2 is 2.17 bits per heavy atom. The molecule has 0 saturated carbocycles. The summed E-state index contributed by atoms with van der Waals surface area (Å²) in [5.74, 6) is -0.866. The van der Waals surface area contributed by atoms with E-state index in [0.29, 0.717) is 0 Å². The van der Waals surface area contributed by atoms with Crippen LogP contribution in [-0.4, -0.2) is 35.9 Å². The number of tetrazole rings is 1. The van der Waals surface area contributed by atoms with Gasteiger partial charge in [-0.25, -0.2) is 4.98 Å². The molecule has 3 aromatic rings. The van der Waals surface area contributed by atoms with Crippen LogP contribution in [0.2, 0.25) is 5.02 Å². The molecule has 0 saturated heterocycles. The number of aromatic amines is 1. The molecule has 2 N–H and O–H groups in total. The number of hydrogen-bond donors (Lipinski definition) is 2. The molecule has 0 aliphatic rings. The molecule has 3 rings (SSSR count). The number of anilines is 1. The highest BCUT2D eigenvalue weighted by Crippen LogP contribution is 2.33. The zero-order valence-corrected chi connectivity index (χ0v) is 12.1. The number of halogens is 4. The number of hydrogen-bond acceptors (Lipinski definition) is 5. The molecule has 120 valence electrons. The fourth-order valence-electron chi connectivity index (χ4n) is 2.02. The molecule has 8 nitrogen and oxygen atoms in total. The molecule has 0 aliphatic heterocycles. The summed E-state index contributed by atoms with van der Waals surface area (Å²) in [5.41, 5.74) is -0.874. The number of carbonyl (C=O) groups excluding carboxylic acids is 1. The van der Waals surface area contributed by atoms with Crippen molar-refractivity contribution in [1.82, 2.24) is 30.0 Å². The Labute approximate surface area is 130 Å². The largest absolute Gasteiger partial charge is 0.417 e. The average Bonchev–Trinajstić information content (AvgIpc) is 3.04. The number of pyridine rings is 1. The van der Waals surface area contributed by atoms with E-state index in [4.69, 9.17) is 11.6 Å². The van der Waals surface area contributed by atoms with E-state index in [1.807, 2.05) is 0 Å². The van der Waals surface area contributed by atoms with Gasteiger partial charge in [0.05, 0.1) is 16.3 Å². The number of nitrogens with one attached hydrogen (secondary N) is 2. The summed E-state index contributed by atoms with van der Waals surface area (Å²) in [6.45, 7) is 1.47. The van der Waals surface area contributed by atoms with Crippen molar-refractivity contribution in [2.75, 3.05) is 5.32 Å². The van der Waals surface area contributed by atoms with Crippen LogP contribution in [0.1, 0.15) is 21.7 Å². The number of H-pyrrole nitrogens is 1. The minimum atomic E-state index is -4.61. The number of alkyl halides is 3. The highest BCUT2D eigenvalue weighted by atomic mass is 35.5. The van der Waals surface area contributed by atoms with Crippen molar-refractivity contribution < 1.29 is 18.0 Å². The molecular weight excluding hydrogens is 339 g/mol. The third kappa shape index (κ3) is 2.70. The summed E-state index contributed by atoms with van der Waals surface area (Å²) in [6.07, 6.45) is -3.86. The molecule has 23 heavy (non-hydrogen) atoms. The maximum atomic E-state index is 12.9. The van der Waals surface area contributed by atoms with Crippen molar-refractivity contribution in [3.05, 3.63) is 34.2 Å². The first-order valence-electron chi connectivity index (χ1n) is 6.07. The van der Waals surface area contributed by atoms with Gasteiger partial charge in [-0.05, 0) is 18.2 Å². The van der Waals surface area contributed by atoms with Crippen LogP contribution in [0.15, 0.2) is 12.3 Å². The van der Waals surface area contributed by atoms with Gasteiger partial charge in [-0.1, -0.05) is 16.7 Å². The smallest absolute Gasteiger partial charge is 0.293 e. The molecule has 12 heteroatoms. The number of amides is 1. The first-order chi connectivity index (χ1) is 10.8. The average molecular weight is 346 g/mol. The summed E-state index contributed by atoms with van der Waals surface area (Å²) in [6, 6.07) is 0.754. The standard InChI is InChI=1S/C11H7ClF3N7O/c1-4-7(9(23)17-10-18-20-21-19-10)22-3-5(11(13,14)15)2-6(12)8(22)16-4/h2-3H,1H3,(H2,17,18,19,20,21,23). The minimum Gasteiger partial charge on any atom is -0.293 e. The van der Waals surface area contributed by atoms with Gasteiger partial charge in [-0.2, -0.15) is 18.4 Å². The first-order valence-corrected chi connectivity index (χ1v) is 6.45. The van der Waals surface area contributed by atoms with E-state index in [2.05, 4.69) is 30.9 Å². The van der Waals surface area contributed by atoms with Crippen molar-refractivity contribution in [1.29, 1.82) is 0 Å². The lowest BCUT2D eigenvalue weighted by atomic mass is 10.2. The zero-order valence-electron chi connectivity index (χ0n) is 11.3. The quantitative estimate of drug-likeness (QED) is 0.740. The number of carbonyl (C=O) groups is 1. The SMILES string of the molecule is Cc1nc2c(Cl)cc(C(F)(F)F)cn2c1C(=O)Nc1nn[nH]n1. The molecule has 3 aromatic heterocycles. The third-order valence-electron chi connectivity index (χ3n) is 2.96. The first kappa shape index (κ1) is 15.2. The highest BCUT2D eigenvalue weighted by molar-refractivity contribution is 6.33. The van der Waals surface area contributed by atoms with Gasteiger partial charge in [0, 0.05) is 6.20 Å². The lowest BCUT2D eigenvalue weighted by Gasteiger charge is -2.09. The fourth-order valence-corrected chi connectivity index (χ4v) is 2.27. The number of aryl methyl sites for hydroxylation is 1. The second-order valence-corrected chi connectivity index (χ2v) is 4.91. The third-order valence-corrected chi connectivity index (χ3v) is 3.24. The van der Waals surface area contributed by atoms with Crippen LogP contribution in [0.25, 0.3) is 5.65 Å². The normalized spacial score (nSPS) is 11.9. The Hall–Kier alpha value is -2.69. The Morgan fingerprint density at radius 1 is 1.43 bits per heavy atom. The van der Waals surface area contributed by atoms with E-state index < -0.39 is 17.6 Å². The lowest BCUT2D eigenvalue weighted by Crippen LogP contribution is -2.17. The predicted octanol–water partition coefficient (Wildman–Crippen LogP) is 2.08. The maximum Gasteiger partial charge on any atom is 0.417 e. The maximum absolute atomic E-state index is 12.9. The van der Waals surface area contributed by atoms with Crippen molar-refractivity contribution in [3.63, 3.8) is 0 Å². The summed E-state index contributed by atoms with van der Waals surface area (Å²) in [4.78, 5) is 16.3. The molecule has 3 heterocycles. The molecule has 0 unspecified atom stereocenters. The molecule has 0 spiro atoms. The van der Waals surface area contributed by atoms with Gasteiger partial charge in [-0.3, -0.25) is 14.5 Å². The lowest BCUT2D eigenvalue weighted by molar-refractivity contribution is -0.137. The van der Waals surface area contributed by atoms with Crippen molar-refractivity contribution in [2.45, 2.75) is 13.1 Å². The van der Waals surface area contributed by atoms with Crippen LogP contribution >= 0.6 is 11.6 Å². The van der Waals surface area contributed by atoms with Crippen molar-refractivity contribution in [3.8, 4) is 0 Å². The monoisotopic (exact) mass is 345 g/mol. The van der Waals surface area contributed by atoms with E-state index in [-0.39, 0.29) is 28.0 Å². The van der Waals surface area contributed by atoms with E-state index in [0.717, 1.165) is 16.7 Å². The molecule has 0 aromatic carbocycles. The Balaban J connectivity index is 2.14. The van der Waals surface area contributed by atoms with Crippen LogP contribution in [0.3, 0.4) is 0 Å². The van der Waals surface area contributed by atoms with E-state index >= 15 is 0 Å². The van der Waals surface area contributed by atoms with Crippen molar-refractivity contribution in [2.24, 2.45) is 0 Å². The number of rotatable bonds is 2. The van der Waals surface area contributed by atoms with E-state index in [1.165, 1.54) is 6.92 Å². The van der Waals surface area contributed by atoms with Gasteiger partial charge >= 0.3 is 6.18 Å². The topological polar surface area (TPSA) is 101 Å². The van der Waals surface area contributed by atoms with E-state index in [9.17, 15) is 18.0 Å². The highest BCUT2D eigenvalue weighted by Gasteiger charge is 2.33. The molecule has 0 fully saturated rings. The minimum absolute atomic E-state index is 0.0374. The second kappa shape index (κ2) is 5.19. The second-order valence-electron chi connectivity index (χ2n) is 4.50. The van der Waals surface area contributed by atoms with Crippen LogP contribution in [0.5, 0.6) is 0 Å². The fraction of sp³-hybridized carbons (Fsp3) is 0.182. The molecule has 0 atom stereocenters. The summed E-state index contributed by atoms with van der Waals surface area (Å²) < 4.78 is 39.7. The molecule has 1 amide bonds. The van der Waals surface area contributed by atoms with Gasteiger partial charge in [-0.15, -0.1) is 5.10 Å². The molecule has 0 aliphatic carbocycles. The van der Waals surface area contributed by atoms with Gasteiger partial charge in [0.15, 0.2) is 5.65 Å². The zero-order chi connectivity index (χ0) is 16.8. The van der Waals surface area contributed by atoms with Crippen LogP contribution in [-0.2, 0) is 6.18 Å². The van der Waals surface area contributed by atoms with Crippen LogP contribution in [0.4, 0.5) is 19.1 Å². The van der Waals surface area contributed by atoms with Crippen LogP contribution in [0, 0.1) is 6.92 Å². The molecule has 0 radical (unpaired) electrons. The van der Waals surface area contributed by atoms with Gasteiger partial charge in [0.1, 0.15) is 5.69 Å². The predicted molar refractivity (Wildman–Crippen MR) is 72.1 cm³/mol. The van der Waals surface area contributed by atoms with Gasteiger partial charge < -0.3 is 0 Å². The van der Waals surface area contributed by atoms with Crippen molar-refractivity contribution >= 4 is 29.1 Å².